The Morgan fingerprint density at radius 2 is 2.60 bits per heavy atom. The molecule has 0 amide bonds. The first kappa shape index (κ1) is 6.45. The van der Waals surface area contributed by atoms with Gasteiger partial charge in [0.25, 0.3) is 5.78 Å². The van der Waals surface area contributed by atoms with E-state index >= 15 is 0 Å². The number of nitrogens with zero attached hydrogens (tertiary/aromatic N) is 2. The van der Waals surface area contributed by atoms with Crippen molar-refractivity contribution in [2.75, 3.05) is 0 Å². The van der Waals surface area contributed by atoms with Crippen molar-refractivity contribution in [3.63, 3.8) is 0 Å². The topological polar surface area (TPSA) is 66.6 Å². The third-order valence-corrected chi connectivity index (χ3v) is 0.981. The van der Waals surface area contributed by atoms with E-state index in [4.69, 9.17) is 5.53 Å². The Morgan fingerprint density at radius 3 is 3.10 bits per heavy atom. The van der Waals surface area contributed by atoms with Gasteiger partial charge in [-0.15, -0.1) is 0 Å². The number of ketones is 1. The van der Waals surface area contributed by atoms with Crippen molar-refractivity contribution < 1.29 is 14.0 Å². The number of carbonyl (C=O) groups is 1. The molecule has 0 saturated carbocycles. The highest BCUT2D eigenvalue weighted by atomic mass is 16.3. The number of hydrogen-bond donors (Lipinski definition) is 0. The first-order chi connectivity index (χ1) is 4.84. The van der Waals surface area contributed by atoms with Gasteiger partial charge in [-0.3, -0.25) is 4.79 Å². The molecule has 10 heavy (non-hydrogen) atoms. The third kappa shape index (κ3) is 1.18. The molecule has 4 heteroatoms. The van der Waals surface area contributed by atoms with Crippen LogP contribution in [0.15, 0.2) is 23.0 Å². The number of carbonyl (C=O) groups excluding carboxylic acids is 1. The SMILES string of the molecule is [N-]=[N+]=CC(=O)c1ccoc1. The molecule has 0 aliphatic heterocycles. The minimum Gasteiger partial charge on any atom is -0.472 e. The maximum atomic E-state index is 10.7. The van der Waals surface area contributed by atoms with Crippen molar-refractivity contribution in [2.45, 2.75) is 0 Å². The predicted molar refractivity (Wildman–Crippen MR) is 32.7 cm³/mol. The maximum Gasteiger partial charge on any atom is 0.328 e. The van der Waals surface area contributed by atoms with E-state index in [1.165, 1.54) is 18.6 Å². The van der Waals surface area contributed by atoms with Crippen LogP contribution in [0.1, 0.15) is 10.4 Å². The Kier molecular flexibility index (Phi) is 1.78. The average Bonchev–Trinajstić information content (AvgIpc) is 2.38. The molecule has 0 fully saturated rings. The average molecular weight is 136 g/mol. The summed E-state index contributed by atoms with van der Waals surface area (Å²) >= 11 is 0. The van der Waals surface area contributed by atoms with Gasteiger partial charge >= 0.3 is 6.21 Å². The summed E-state index contributed by atoms with van der Waals surface area (Å²) in [5.74, 6) is -0.378. The Bertz CT molecular complexity index is 270. The zero-order valence-electron chi connectivity index (χ0n) is 5.02. The molecule has 1 rings (SSSR count). The van der Waals surface area contributed by atoms with Gasteiger partial charge in [0.1, 0.15) is 6.26 Å². The number of rotatable bonds is 2. The summed E-state index contributed by atoms with van der Waals surface area (Å²) in [7, 11) is 0. The molecule has 0 spiro atoms. The highest BCUT2D eigenvalue weighted by Gasteiger charge is 2.06. The number of Topliss-reactive ketones (excluding diaryl/α,β-unsaturated/α-hetero) is 1. The molecule has 0 atom stereocenters. The van der Waals surface area contributed by atoms with E-state index in [2.05, 4.69) is 9.21 Å². The molecular formula is C6H4N2O2. The molecule has 1 heterocycles. The molecule has 50 valence electrons. The van der Waals surface area contributed by atoms with E-state index in [1.807, 2.05) is 0 Å². The fourth-order valence-corrected chi connectivity index (χ4v) is 0.532. The lowest BCUT2D eigenvalue weighted by molar-refractivity contribution is 0.00234. The Hall–Kier alpha value is -1.67. The molecule has 1 aromatic heterocycles. The van der Waals surface area contributed by atoms with Gasteiger partial charge in [0.15, 0.2) is 0 Å². The van der Waals surface area contributed by atoms with Crippen molar-refractivity contribution in [2.24, 2.45) is 0 Å². The summed E-state index contributed by atoms with van der Waals surface area (Å²) in [6.07, 6.45) is 3.47. The normalized spacial score (nSPS) is 8.40. The van der Waals surface area contributed by atoms with Gasteiger partial charge in [-0.1, -0.05) is 0 Å². The molecule has 0 saturated heterocycles. The van der Waals surface area contributed by atoms with Crippen LogP contribution in [0.4, 0.5) is 0 Å². The quantitative estimate of drug-likeness (QED) is 0.261. The fraction of sp³-hybridized carbons (Fsp3) is 0. The lowest BCUT2D eigenvalue weighted by atomic mass is 10.2. The van der Waals surface area contributed by atoms with Gasteiger partial charge in [-0.25, -0.2) is 0 Å². The van der Waals surface area contributed by atoms with Crippen LogP contribution in [-0.2, 0) is 0 Å². The van der Waals surface area contributed by atoms with Gasteiger partial charge < -0.3 is 9.95 Å². The van der Waals surface area contributed by atoms with Crippen LogP contribution in [0, 0.1) is 0 Å². The van der Waals surface area contributed by atoms with Crippen molar-refractivity contribution in [1.82, 2.24) is 0 Å². The van der Waals surface area contributed by atoms with E-state index in [1.54, 1.807) is 0 Å². The second kappa shape index (κ2) is 2.75. The van der Waals surface area contributed by atoms with Crippen LogP contribution >= 0.6 is 0 Å². The largest absolute Gasteiger partial charge is 0.472 e. The van der Waals surface area contributed by atoms with Crippen LogP contribution in [0.2, 0.25) is 0 Å². The number of furan rings is 1. The van der Waals surface area contributed by atoms with E-state index in [0.29, 0.717) is 5.56 Å². The van der Waals surface area contributed by atoms with Crippen LogP contribution in [0.3, 0.4) is 0 Å². The Morgan fingerprint density at radius 1 is 1.80 bits per heavy atom. The van der Waals surface area contributed by atoms with Crippen molar-refractivity contribution in [1.29, 1.82) is 0 Å². The second-order valence-electron chi connectivity index (χ2n) is 1.62. The summed E-state index contributed by atoms with van der Waals surface area (Å²) < 4.78 is 4.62. The van der Waals surface area contributed by atoms with E-state index < -0.39 is 0 Å². The van der Waals surface area contributed by atoms with E-state index in [-0.39, 0.29) is 5.78 Å². The first-order valence-corrected chi connectivity index (χ1v) is 2.58. The van der Waals surface area contributed by atoms with E-state index in [9.17, 15) is 4.79 Å². The third-order valence-electron chi connectivity index (χ3n) is 0.981. The lowest BCUT2D eigenvalue weighted by Crippen LogP contribution is -1.97. The Balaban J connectivity index is 2.87. The van der Waals surface area contributed by atoms with Gasteiger partial charge in [-0.05, 0) is 6.07 Å². The molecule has 0 radical (unpaired) electrons. The second-order valence-corrected chi connectivity index (χ2v) is 1.62. The summed E-state index contributed by atoms with van der Waals surface area (Å²) in [6, 6.07) is 1.49. The minimum absolute atomic E-state index is 0.373. The maximum absolute atomic E-state index is 10.7. The van der Waals surface area contributed by atoms with Crippen LogP contribution in [0.5, 0.6) is 0 Å². The zero-order chi connectivity index (χ0) is 7.40. The molecule has 0 aliphatic carbocycles. The van der Waals surface area contributed by atoms with Gasteiger partial charge in [0, 0.05) is 0 Å². The van der Waals surface area contributed by atoms with Crippen molar-refractivity contribution in [3.8, 4) is 0 Å². The first-order valence-electron chi connectivity index (χ1n) is 2.58. The van der Waals surface area contributed by atoms with Crippen LogP contribution in [0.25, 0.3) is 5.53 Å². The molecule has 0 aliphatic rings. The number of hydrogen-bond acceptors (Lipinski definition) is 2. The molecular weight excluding hydrogens is 132 g/mol. The van der Waals surface area contributed by atoms with Crippen LogP contribution in [-0.4, -0.2) is 16.8 Å². The summed E-state index contributed by atoms with van der Waals surface area (Å²) in [4.78, 5) is 13.3. The van der Waals surface area contributed by atoms with Crippen molar-refractivity contribution in [3.05, 3.63) is 29.7 Å². The highest BCUT2D eigenvalue weighted by molar-refractivity contribution is 6.33. The molecule has 0 N–H and O–H groups in total. The van der Waals surface area contributed by atoms with E-state index in [0.717, 1.165) is 6.21 Å². The summed E-state index contributed by atoms with van der Waals surface area (Å²) in [5.41, 5.74) is 8.33. The van der Waals surface area contributed by atoms with Gasteiger partial charge in [0.2, 0.25) is 0 Å². The van der Waals surface area contributed by atoms with Crippen LogP contribution < -0.4 is 0 Å². The monoisotopic (exact) mass is 136 g/mol. The molecule has 1 aromatic rings. The fourth-order valence-electron chi connectivity index (χ4n) is 0.532. The lowest BCUT2D eigenvalue weighted by Gasteiger charge is -1.75. The van der Waals surface area contributed by atoms with Gasteiger partial charge in [0.05, 0.1) is 11.8 Å². The van der Waals surface area contributed by atoms with Gasteiger partial charge in [-0.2, -0.15) is 4.79 Å². The molecule has 4 nitrogen and oxygen atoms in total. The predicted octanol–water partition coefficient (Wildman–Crippen LogP) is 0.763. The molecule has 0 aromatic carbocycles. The summed E-state index contributed by atoms with van der Waals surface area (Å²) in [5, 5.41) is 0. The minimum atomic E-state index is -0.378. The Labute approximate surface area is 56.7 Å². The smallest absolute Gasteiger partial charge is 0.328 e. The van der Waals surface area contributed by atoms with Crippen molar-refractivity contribution >= 4 is 12.0 Å². The molecule has 0 bridgehead atoms. The standard InChI is InChI=1S/C6H4N2O2/c7-8-3-6(9)5-1-2-10-4-5/h1-4H. The highest BCUT2D eigenvalue weighted by Crippen LogP contribution is 1.98. The molecule has 0 unspecified atom stereocenters. The summed E-state index contributed by atoms with van der Waals surface area (Å²) in [6.45, 7) is 0. The zero-order valence-corrected chi connectivity index (χ0v) is 5.02.